The van der Waals surface area contributed by atoms with Gasteiger partial charge in [0.1, 0.15) is 5.75 Å². The zero-order chi connectivity index (χ0) is 16.7. The molecule has 2 aromatic carbocycles. The smallest absolute Gasteiger partial charge is 0.273 e. The van der Waals surface area contributed by atoms with E-state index in [2.05, 4.69) is 30.4 Å². The molecule has 2 rings (SSSR count). The van der Waals surface area contributed by atoms with Gasteiger partial charge in [0.2, 0.25) is 0 Å². The molecule has 0 atom stereocenters. The van der Waals surface area contributed by atoms with Gasteiger partial charge in [-0.15, -0.1) is 0 Å². The minimum absolute atomic E-state index is 0.0549. The lowest BCUT2D eigenvalue weighted by atomic mass is 10.0. The third-order valence-electron chi connectivity index (χ3n) is 3.62. The van der Waals surface area contributed by atoms with Gasteiger partial charge in [-0.3, -0.25) is 15.6 Å². The van der Waals surface area contributed by atoms with Gasteiger partial charge in [-0.2, -0.15) is 0 Å². The molecule has 3 N–H and O–H groups in total. The average Bonchev–Trinajstić information content (AvgIpc) is 2.58. The van der Waals surface area contributed by atoms with Crippen molar-refractivity contribution >= 4 is 11.6 Å². The highest BCUT2D eigenvalue weighted by Gasteiger charge is 2.11. The van der Waals surface area contributed by atoms with Crippen LogP contribution in [0.5, 0.6) is 5.75 Å². The van der Waals surface area contributed by atoms with Crippen molar-refractivity contribution in [2.75, 3.05) is 0 Å². The van der Waals surface area contributed by atoms with Gasteiger partial charge in [0.25, 0.3) is 5.91 Å². The Morgan fingerprint density at radius 2 is 1.70 bits per heavy atom. The van der Waals surface area contributed by atoms with Crippen LogP contribution in [0, 0.1) is 0 Å². The summed E-state index contributed by atoms with van der Waals surface area (Å²) in [6.45, 7) is 6.15. The number of hydrogen-bond acceptors (Lipinski definition) is 3. The predicted molar refractivity (Wildman–Crippen MR) is 92.8 cm³/mol. The van der Waals surface area contributed by atoms with Gasteiger partial charge in [-0.05, 0) is 30.5 Å². The number of carbonyl (C=O) groups is 1. The number of phenolic OH excluding ortho intramolecular Hbond substituents is 1. The number of benzene rings is 2. The monoisotopic (exact) mass is 310 g/mol. The Hall–Kier alpha value is -2.75. The van der Waals surface area contributed by atoms with Crippen LogP contribution in [0.1, 0.15) is 41.3 Å². The maximum Gasteiger partial charge on any atom is 0.273 e. The van der Waals surface area contributed by atoms with E-state index in [1.807, 2.05) is 18.2 Å². The zero-order valence-electron chi connectivity index (χ0n) is 13.3. The molecule has 4 nitrogen and oxygen atoms in total. The van der Waals surface area contributed by atoms with E-state index in [-0.39, 0.29) is 11.3 Å². The van der Waals surface area contributed by atoms with Crippen LogP contribution in [0.4, 0.5) is 0 Å². The fourth-order valence-corrected chi connectivity index (χ4v) is 2.33. The van der Waals surface area contributed by atoms with Crippen molar-refractivity contribution in [2.24, 2.45) is 0 Å². The maximum absolute atomic E-state index is 12.1. The second-order valence-electron chi connectivity index (χ2n) is 5.34. The van der Waals surface area contributed by atoms with Crippen molar-refractivity contribution in [3.05, 3.63) is 71.8 Å². The van der Waals surface area contributed by atoms with Crippen LogP contribution in [0.2, 0.25) is 0 Å². The number of para-hydroxylation sites is 1. The predicted octanol–water partition coefficient (Wildman–Crippen LogP) is 3.64. The Labute approximate surface area is 136 Å². The first-order valence-corrected chi connectivity index (χ1v) is 7.75. The van der Waals surface area contributed by atoms with Crippen LogP contribution in [-0.2, 0) is 6.42 Å². The lowest BCUT2D eigenvalue weighted by Gasteiger charge is -2.15. The Bertz CT molecular complexity index is 695. The molecule has 0 spiro atoms. The molecule has 0 aliphatic rings. The Balaban J connectivity index is 2.03. The summed E-state index contributed by atoms with van der Waals surface area (Å²) >= 11 is 0. The summed E-state index contributed by atoms with van der Waals surface area (Å²) in [5, 5.41) is 9.69. The summed E-state index contributed by atoms with van der Waals surface area (Å²) in [6.07, 6.45) is 3.20. The van der Waals surface area contributed by atoms with Gasteiger partial charge in [0, 0.05) is 5.56 Å². The van der Waals surface area contributed by atoms with Crippen LogP contribution in [0.25, 0.3) is 5.70 Å². The molecule has 0 fully saturated rings. The number of amides is 1. The summed E-state index contributed by atoms with van der Waals surface area (Å²) in [7, 11) is 0. The van der Waals surface area contributed by atoms with Crippen LogP contribution < -0.4 is 10.9 Å². The number of hydrogen-bond donors (Lipinski definition) is 3. The topological polar surface area (TPSA) is 61.4 Å². The number of nitrogens with one attached hydrogen (secondary N) is 2. The first-order valence-electron chi connectivity index (χ1n) is 7.75. The molecule has 0 bridgehead atoms. The number of aromatic hydroxyl groups is 1. The minimum atomic E-state index is -0.407. The molecule has 2 aromatic rings. The zero-order valence-corrected chi connectivity index (χ0v) is 13.3. The second kappa shape index (κ2) is 8.03. The molecule has 4 heteroatoms. The molecule has 120 valence electrons. The molecule has 0 unspecified atom stereocenters. The highest BCUT2D eigenvalue weighted by molar-refractivity contribution is 5.96. The van der Waals surface area contributed by atoms with Gasteiger partial charge < -0.3 is 5.11 Å². The van der Waals surface area contributed by atoms with E-state index in [1.54, 1.807) is 18.2 Å². The van der Waals surface area contributed by atoms with Crippen LogP contribution >= 0.6 is 0 Å². The molecule has 0 saturated heterocycles. The third kappa shape index (κ3) is 4.36. The fourth-order valence-electron chi connectivity index (χ4n) is 2.33. The molecule has 0 saturated carbocycles. The molecule has 23 heavy (non-hydrogen) atoms. The number of aryl methyl sites for hydroxylation is 1. The summed E-state index contributed by atoms with van der Waals surface area (Å²) in [5.74, 6) is -0.462. The summed E-state index contributed by atoms with van der Waals surface area (Å²) < 4.78 is 0. The molecular weight excluding hydrogens is 288 g/mol. The Morgan fingerprint density at radius 1 is 1.04 bits per heavy atom. The van der Waals surface area contributed by atoms with Crippen LogP contribution in [0.15, 0.2) is 55.1 Å². The van der Waals surface area contributed by atoms with E-state index in [0.29, 0.717) is 5.70 Å². The van der Waals surface area contributed by atoms with Crippen molar-refractivity contribution in [2.45, 2.75) is 26.2 Å². The van der Waals surface area contributed by atoms with Gasteiger partial charge in [-0.25, -0.2) is 0 Å². The van der Waals surface area contributed by atoms with Gasteiger partial charge >= 0.3 is 0 Å². The first-order chi connectivity index (χ1) is 11.1. The number of hydrazine groups is 1. The van der Waals surface area contributed by atoms with E-state index >= 15 is 0 Å². The minimum Gasteiger partial charge on any atom is -0.507 e. The van der Waals surface area contributed by atoms with E-state index in [0.717, 1.165) is 24.8 Å². The van der Waals surface area contributed by atoms with Crippen molar-refractivity contribution in [3.63, 3.8) is 0 Å². The number of phenols is 1. The number of unbranched alkanes of at least 4 members (excludes halogenated alkanes) is 1. The van der Waals surface area contributed by atoms with Gasteiger partial charge in [0.05, 0.1) is 11.3 Å². The normalized spacial score (nSPS) is 10.1. The molecule has 0 radical (unpaired) electrons. The largest absolute Gasteiger partial charge is 0.507 e. The fraction of sp³-hybridized carbons (Fsp3) is 0.211. The summed E-state index contributed by atoms with van der Waals surface area (Å²) in [6, 6.07) is 14.4. The lowest BCUT2D eigenvalue weighted by Crippen LogP contribution is -2.36. The highest BCUT2D eigenvalue weighted by Crippen LogP contribution is 2.18. The maximum atomic E-state index is 12.1. The molecular formula is C19H22N2O2. The summed E-state index contributed by atoms with van der Waals surface area (Å²) in [4.78, 5) is 12.1. The van der Waals surface area contributed by atoms with Gasteiger partial charge in [-0.1, -0.05) is 56.3 Å². The first kappa shape index (κ1) is 16.6. The van der Waals surface area contributed by atoms with E-state index in [4.69, 9.17) is 0 Å². The van der Waals surface area contributed by atoms with E-state index < -0.39 is 5.91 Å². The number of rotatable bonds is 7. The summed E-state index contributed by atoms with van der Waals surface area (Å²) in [5.41, 5.74) is 8.43. The Morgan fingerprint density at radius 3 is 2.39 bits per heavy atom. The third-order valence-corrected chi connectivity index (χ3v) is 3.62. The standard InChI is InChI=1S/C19H22N2O2/c1-3-4-9-15-10-5-6-11-16(15)14(2)20-21-19(23)17-12-7-8-13-18(17)22/h5-8,10-13,20,22H,2-4,9H2,1H3,(H,21,23). The molecule has 0 aliphatic carbocycles. The van der Waals surface area contributed by atoms with Crippen molar-refractivity contribution in [1.82, 2.24) is 10.9 Å². The van der Waals surface area contributed by atoms with E-state index in [1.165, 1.54) is 11.6 Å². The van der Waals surface area contributed by atoms with Crippen molar-refractivity contribution in [3.8, 4) is 5.75 Å². The van der Waals surface area contributed by atoms with Crippen LogP contribution in [0.3, 0.4) is 0 Å². The van der Waals surface area contributed by atoms with Crippen molar-refractivity contribution < 1.29 is 9.90 Å². The number of carbonyl (C=O) groups excluding carboxylic acids is 1. The quantitative estimate of drug-likeness (QED) is 0.684. The van der Waals surface area contributed by atoms with E-state index in [9.17, 15) is 9.90 Å². The molecule has 0 aromatic heterocycles. The van der Waals surface area contributed by atoms with Gasteiger partial charge in [0.15, 0.2) is 0 Å². The lowest BCUT2D eigenvalue weighted by molar-refractivity contribution is 0.0940. The average molecular weight is 310 g/mol. The van der Waals surface area contributed by atoms with Crippen molar-refractivity contribution in [1.29, 1.82) is 0 Å². The molecule has 0 aliphatic heterocycles. The van der Waals surface area contributed by atoms with Crippen LogP contribution in [-0.4, -0.2) is 11.0 Å². The Kier molecular flexibility index (Phi) is 5.80. The molecule has 0 heterocycles. The SMILES string of the molecule is C=C(NNC(=O)c1ccccc1O)c1ccccc1CCCC. The second-order valence-corrected chi connectivity index (χ2v) is 5.34. The highest BCUT2D eigenvalue weighted by atomic mass is 16.3. The molecule has 1 amide bonds.